The Morgan fingerprint density at radius 2 is 1.13 bits per heavy atom. The third-order valence-corrected chi connectivity index (χ3v) is 9.01. The third kappa shape index (κ3) is 1.88. The van der Waals surface area contributed by atoms with E-state index in [2.05, 4.69) is 34.6 Å². The molecule has 0 N–H and O–H groups in total. The maximum atomic E-state index is 2.60. The summed E-state index contributed by atoms with van der Waals surface area (Å²) in [6, 6.07) is 0. The Morgan fingerprint density at radius 3 is 1.33 bits per heavy atom. The first kappa shape index (κ1) is 11.9. The summed E-state index contributed by atoms with van der Waals surface area (Å²) in [5.74, 6) is 0. The van der Waals surface area contributed by atoms with Crippen LogP contribution in [-0.4, -0.2) is 15.5 Å². The standard InChI is InChI=1S/C14H27P/c1-12(2,3)15-13(4)8-6-10-14(15,5)11-7-9-13/h6-11H2,1-5H3. The van der Waals surface area contributed by atoms with Crippen molar-refractivity contribution in [2.24, 2.45) is 0 Å². The van der Waals surface area contributed by atoms with Gasteiger partial charge in [0, 0.05) is 0 Å². The van der Waals surface area contributed by atoms with Gasteiger partial charge in [-0.15, -0.1) is 0 Å². The molecule has 2 heterocycles. The first-order valence-corrected chi connectivity index (χ1v) is 7.93. The van der Waals surface area contributed by atoms with E-state index < -0.39 is 0 Å². The molecule has 88 valence electrons. The highest BCUT2D eigenvalue weighted by Crippen LogP contribution is 2.76. The van der Waals surface area contributed by atoms with Crippen molar-refractivity contribution < 1.29 is 0 Å². The molecule has 0 aromatic rings. The zero-order valence-corrected chi connectivity index (χ0v) is 12.1. The van der Waals surface area contributed by atoms with Crippen molar-refractivity contribution in [3.8, 4) is 0 Å². The molecular weight excluding hydrogens is 199 g/mol. The van der Waals surface area contributed by atoms with E-state index in [0.717, 1.165) is 0 Å². The Kier molecular flexibility index (Phi) is 2.74. The zero-order chi connectivity index (χ0) is 11.3. The molecule has 0 atom stereocenters. The van der Waals surface area contributed by atoms with Gasteiger partial charge in [0.05, 0.1) is 0 Å². The molecule has 0 nitrogen and oxygen atoms in total. The van der Waals surface area contributed by atoms with Gasteiger partial charge in [-0.25, -0.2) is 0 Å². The van der Waals surface area contributed by atoms with Crippen LogP contribution in [0.15, 0.2) is 0 Å². The van der Waals surface area contributed by atoms with Gasteiger partial charge >= 0.3 is 0 Å². The molecule has 0 aliphatic carbocycles. The van der Waals surface area contributed by atoms with Gasteiger partial charge in [-0.3, -0.25) is 0 Å². The number of rotatable bonds is 0. The van der Waals surface area contributed by atoms with Crippen molar-refractivity contribution in [3.05, 3.63) is 0 Å². The summed E-state index contributed by atoms with van der Waals surface area (Å²) >= 11 is 0. The second-order valence-electron chi connectivity index (χ2n) is 7.21. The molecule has 2 fully saturated rings. The monoisotopic (exact) mass is 226 g/mol. The highest BCUT2D eigenvalue weighted by Gasteiger charge is 2.54. The Labute approximate surface area is 97.0 Å². The first-order valence-electron chi connectivity index (χ1n) is 6.59. The van der Waals surface area contributed by atoms with Gasteiger partial charge in [0.1, 0.15) is 0 Å². The fourth-order valence-electron chi connectivity index (χ4n) is 4.67. The summed E-state index contributed by atoms with van der Waals surface area (Å²) < 4.78 is 0. The van der Waals surface area contributed by atoms with Crippen molar-refractivity contribution >= 4 is 7.92 Å². The predicted octanol–water partition coefficient (Wildman–Crippen LogP) is 5.15. The van der Waals surface area contributed by atoms with E-state index in [1.165, 1.54) is 38.5 Å². The molecule has 2 saturated heterocycles. The van der Waals surface area contributed by atoms with E-state index in [4.69, 9.17) is 0 Å². The lowest BCUT2D eigenvalue weighted by molar-refractivity contribution is 0.328. The maximum Gasteiger partial charge on any atom is -0.0113 e. The van der Waals surface area contributed by atoms with Crippen LogP contribution in [0.25, 0.3) is 0 Å². The Balaban J connectivity index is 2.39. The van der Waals surface area contributed by atoms with Crippen molar-refractivity contribution in [1.29, 1.82) is 0 Å². The number of fused-ring (bicyclic) bond motifs is 2. The van der Waals surface area contributed by atoms with Gasteiger partial charge in [-0.2, -0.15) is 0 Å². The Bertz CT molecular complexity index is 221. The van der Waals surface area contributed by atoms with Crippen LogP contribution in [0, 0.1) is 0 Å². The minimum atomic E-state index is 0.185. The van der Waals surface area contributed by atoms with Gasteiger partial charge in [0.2, 0.25) is 0 Å². The van der Waals surface area contributed by atoms with Crippen LogP contribution in [0.4, 0.5) is 0 Å². The van der Waals surface area contributed by atoms with Crippen LogP contribution >= 0.6 is 7.92 Å². The Hall–Kier alpha value is 0.430. The van der Waals surface area contributed by atoms with Crippen LogP contribution < -0.4 is 0 Å². The van der Waals surface area contributed by atoms with Crippen molar-refractivity contribution in [1.82, 2.24) is 0 Å². The summed E-state index contributed by atoms with van der Waals surface area (Å²) in [4.78, 5) is 0. The van der Waals surface area contributed by atoms with Crippen LogP contribution in [0.5, 0.6) is 0 Å². The molecule has 2 aliphatic rings. The smallest absolute Gasteiger partial charge is 0.0113 e. The topological polar surface area (TPSA) is 0 Å². The molecule has 0 amide bonds. The molecule has 2 aliphatic heterocycles. The molecule has 0 saturated carbocycles. The molecule has 2 rings (SSSR count). The van der Waals surface area contributed by atoms with E-state index in [1.807, 2.05) is 0 Å². The lowest BCUT2D eigenvalue weighted by Gasteiger charge is -2.61. The second kappa shape index (κ2) is 3.46. The minimum Gasteiger partial charge on any atom is -0.0890 e. The fourth-order valence-corrected chi connectivity index (χ4v) is 10.7. The summed E-state index contributed by atoms with van der Waals surface area (Å²) in [6.07, 6.45) is 9.00. The van der Waals surface area contributed by atoms with Crippen LogP contribution in [0.3, 0.4) is 0 Å². The van der Waals surface area contributed by atoms with E-state index in [-0.39, 0.29) is 7.92 Å². The lowest BCUT2D eigenvalue weighted by atomic mass is 9.84. The summed E-state index contributed by atoms with van der Waals surface area (Å²) in [5.41, 5.74) is 0. The van der Waals surface area contributed by atoms with Gasteiger partial charge in [0.25, 0.3) is 0 Å². The largest absolute Gasteiger partial charge is 0.0890 e. The molecule has 1 heteroatoms. The van der Waals surface area contributed by atoms with Crippen molar-refractivity contribution in [2.45, 2.75) is 88.6 Å². The molecule has 2 bridgehead atoms. The first-order chi connectivity index (χ1) is 6.78. The van der Waals surface area contributed by atoms with E-state index in [9.17, 15) is 0 Å². The third-order valence-electron chi connectivity index (χ3n) is 4.61. The number of hydrogen-bond donors (Lipinski definition) is 0. The fraction of sp³-hybridized carbons (Fsp3) is 1.00. The van der Waals surface area contributed by atoms with Crippen molar-refractivity contribution in [3.63, 3.8) is 0 Å². The van der Waals surface area contributed by atoms with E-state index in [1.54, 1.807) is 0 Å². The van der Waals surface area contributed by atoms with Gasteiger partial charge < -0.3 is 0 Å². The average Bonchev–Trinajstić information content (AvgIpc) is 1.97. The van der Waals surface area contributed by atoms with Gasteiger partial charge in [0.15, 0.2) is 0 Å². The molecule has 0 radical (unpaired) electrons. The molecule has 15 heavy (non-hydrogen) atoms. The van der Waals surface area contributed by atoms with Crippen LogP contribution in [0.1, 0.15) is 73.1 Å². The van der Waals surface area contributed by atoms with Crippen molar-refractivity contribution in [2.75, 3.05) is 0 Å². The SMILES string of the molecule is CC(C)(C)P1C2(C)CCCC1(C)CCC2. The average molecular weight is 226 g/mol. The zero-order valence-electron chi connectivity index (χ0n) is 11.2. The van der Waals surface area contributed by atoms with E-state index in [0.29, 0.717) is 15.5 Å². The maximum absolute atomic E-state index is 2.60. The molecule has 0 aromatic carbocycles. The number of hydrogen-bond acceptors (Lipinski definition) is 0. The highest BCUT2D eigenvalue weighted by molar-refractivity contribution is 7.62. The normalized spacial score (nSPS) is 46.6. The van der Waals surface area contributed by atoms with E-state index >= 15 is 0 Å². The minimum absolute atomic E-state index is 0.185. The highest BCUT2D eigenvalue weighted by atomic mass is 31.1. The molecule has 0 unspecified atom stereocenters. The summed E-state index contributed by atoms with van der Waals surface area (Å²) in [5, 5.41) is 1.97. The predicted molar refractivity (Wildman–Crippen MR) is 71.2 cm³/mol. The summed E-state index contributed by atoms with van der Waals surface area (Å²) in [6.45, 7) is 12.7. The lowest BCUT2D eigenvalue weighted by Crippen LogP contribution is -2.48. The molecule has 0 spiro atoms. The molecule has 0 aromatic heterocycles. The van der Waals surface area contributed by atoms with Crippen LogP contribution in [-0.2, 0) is 0 Å². The van der Waals surface area contributed by atoms with Crippen LogP contribution in [0.2, 0.25) is 0 Å². The molecular formula is C14H27P. The Morgan fingerprint density at radius 1 is 0.800 bits per heavy atom. The summed E-state index contributed by atoms with van der Waals surface area (Å²) in [7, 11) is 0.185. The van der Waals surface area contributed by atoms with Gasteiger partial charge in [-0.05, 0) is 41.2 Å². The quantitative estimate of drug-likeness (QED) is 0.501. The van der Waals surface area contributed by atoms with Gasteiger partial charge in [-0.1, -0.05) is 55.4 Å². The second-order valence-corrected chi connectivity index (χ2v) is 11.4.